The molecule has 174 valence electrons. The Morgan fingerprint density at radius 3 is 2.71 bits per heavy atom. The fourth-order valence-corrected chi connectivity index (χ4v) is 5.48. The first-order valence-corrected chi connectivity index (χ1v) is 12.1. The van der Waals surface area contributed by atoms with Crippen molar-refractivity contribution >= 4 is 11.5 Å². The third-order valence-electron chi connectivity index (χ3n) is 7.32. The number of nitrogens with zero attached hydrogens (tertiary/aromatic N) is 6. The summed E-state index contributed by atoms with van der Waals surface area (Å²) in [6, 6.07) is 20.6. The van der Waals surface area contributed by atoms with E-state index in [9.17, 15) is 0 Å². The van der Waals surface area contributed by atoms with E-state index in [-0.39, 0.29) is 0 Å². The highest BCUT2D eigenvalue weighted by Crippen LogP contribution is 2.46. The second-order valence-corrected chi connectivity index (χ2v) is 9.73. The summed E-state index contributed by atoms with van der Waals surface area (Å²) < 4.78 is 3.72. The van der Waals surface area contributed by atoms with Crippen molar-refractivity contribution in [2.75, 3.05) is 18.4 Å². The lowest BCUT2D eigenvalue weighted by Crippen LogP contribution is -2.46. The standard InChI is InChI=1S/C27H26N8/c1-2-5-21(6-3-1)34-17-19(15-30-34)22-9-10-26-29-16-24(35(26)33-22)23-7-4-8-25(32-23)31-20-13-27(14-20)11-12-28-18-27/h1-10,15-17,20,28H,11-14,18H2,(H,31,32). The molecule has 2 fully saturated rings. The Bertz CT molecular complexity index is 1490. The minimum atomic E-state index is 0.491. The van der Waals surface area contributed by atoms with E-state index >= 15 is 0 Å². The number of hydrogen-bond donors (Lipinski definition) is 2. The first-order valence-electron chi connectivity index (χ1n) is 12.1. The second-order valence-electron chi connectivity index (χ2n) is 9.73. The SMILES string of the molecule is c1ccc(-n2cc(-c3ccc4ncc(-c5cccc(NC6CC7(CCNC7)C6)n5)n4n3)cn2)cc1. The lowest BCUT2D eigenvalue weighted by atomic mass is 9.65. The average molecular weight is 463 g/mol. The number of fused-ring (bicyclic) bond motifs is 1. The molecule has 1 saturated heterocycles. The van der Waals surface area contributed by atoms with Crippen LogP contribution in [0.1, 0.15) is 19.3 Å². The van der Waals surface area contributed by atoms with Gasteiger partial charge in [0, 0.05) is 24.3 Å². The van der Waals surface area contributed by atoms with E-state index in [1.165, 1.54) is 19.3 Å². The van der Waals surface area contributed by atoms with Crippen LogP contribution in [0.5, 0.6) is 0 Å². The number of pyridine rings is 1. The van der Waals surface area contributed by atoms with Crippen LogP contribution in [0.4, 0.5) is 5.82 Å². The number of rotatable bonds is 5. The van der Waals surface area contributed by atoms with Crippen molar-refractivity contribution in [2.24, 2.45) is 5.41 Å². The third kappa shape index (κ3) is 3.66. The molecule has 35 heavy (non-hydrogen) atoms. The summed E-state index contributed by atoms with van der Waals surface area (Å²) in [6.07, 6.45) is 9.39. The Balaban J connectivity index is 1.16. The molecule has 1 aromatic carbocycles. The van der Waals surface area contributed by atoms with Crippen LogP contribution in [0.3, 0.4) is 0 Å². The van der Waals surface area contributed by atoms with Crippen molar-refractivity contribution < 1.29 is 0 Å². The van der Waals surface area contributed by atoms with Crippen molar-refractivity contribution in [1.82, 2.24) is 34.7 Å². The number of imidazole rings is 1. The molecule has 7 rings (SSSR count). The molecule has 0 atom stereocenters. The van der Waals surface area contributed by atoms with Gasteiger partial charge < -0.3 is 10.6 Å². The van der Waals surface area contributed by atoms with Crippen LogP contribution in [-0.2, 0) is 0 Å². The summed E-state index contributed by atoms with van der Waals surface area (Å²) in [4.78, 5) is 9.47. The monoisotopic (exact) mass is 462 g/mol. The molecule has 0 bridgehead atoms. The average Bonchev–Trinajstić information content (AvgIpc) is 3.64. The van der Waals surface area contributed by atoms with Gasteiger partial charge in [-0.15, -0.1) is 0 Å². The van der Waals surface area contributed by atoms with Crippen LogP contribution in [0.25, 0.3) is 34.0 Å². The summed E-state index contributed by atoms with van der Waals surface area (Å²) in [6.45, 7) is 2.30. The minimum Gasteiger partial charge on any atom is -0.367 e. The molecule has 0 unspecified atom stereocenters. The summed E-state index contributed by atoms with van der Waals surface area (Å²) in [5.41, 5.74) is 5.80. The maximum Gasteiger partial charge on any atom is 0.154 e. The highest BCUT2D eigenvalue weighted by molar-refractivity contribution is 5.64. The predicted octanol–water partition coefficient (Wildman–Crippen LogP) is 4.20. The van der Waals surface area contributed by atoms with Gasteiger partial charge in [0.1, 0.15) is 11.5 Å². The van der Waals surface area contributed by atoms with E-state index in [0.29, 0.717) is 11.5 Å². The number of benzene rings is 1. The lowest BCUT2D eigenvalue weighted by molar-refractivity contribution is 0.141. The first kappa shape index (κ1) is 20.3. The smallest absolute Gasteiger partial charge is 0.154 e. The molecule has 0 amide bonds. The highest BCUT2D eigenvalue weighted by Gasteiger charge is 2.45. The molecule has 0 radical (unpaired) electrons. The molecule has 1 saturated carbocycles. The summed E-state index contributed by atoms with van der Waals surface area (Å²) >= 11 is 0. The highest BCUT2D eigenvalue weighted by atomic mass is 15.3. The molecular formula is C27H26N8. The largest absolute Gasteiger partial charge is 0.367 e. The van der Waals surface area contributed by atoms with Gasteiger partial charge in [0.15, 0.2) is 5.65 Å². The molecule has 5 aromatic rings. The van der Waals surface area contributed by atoms with Crippen molar-refractivity contribution in [3.05, 3.63) is 79.3 Å². The Labute approximate surface area is 203 Å². The quantitative estimate of drug-likeness (QED) is 0.407. The second kappa shape index (κ2) is 8.02. The van der Waals surface area contributed by atoms with Crippen LogP contribution in [-0.4, -0.2) is 48.5 Å². The maximum absolute atomic E-state index is 4.90. The van der Waals surface area contributed by atoms with Crippen molar-refractivity contribution in [3.8, 4) is 28.3 Å². The fraction of sp³-hybridized carbons (Fsp3) is 0.259. The van der Waals surface area contributed by atoms with E-state index < -0.39 is 0 Å². The van der Waals surface area contributed by atoms with Gasteiger partial charge in [-0.1, -0.05) is 24.3 Å². The molecule has 2 N–H and O–H groups in total. The van der Waals surface area contributed by atoms with Gasteiger partial charge in [0.25, 0.3) is 0 Å². The van der Waals surface area contributed by atoms with Gasteiger partial charge in [-0.2, -0.15) is 10.2 Å². The molecule has 4 aromatic heterocycles. The van der Waals surface area contributed by atoms with Gasteiger partial charge in [-0.3, -0.25) is 0 Å². The van der Waals surface area contributed by atoms with Crippen LogP contribution < -0.4 is 10.6 Å². The van der Waals surface area contributed by atoms with Crippen molar-refractivity contribution in [3.63, 3.8) is 0 Å². The number of anilines is 1. The summed E-state index contributed by atoms with van der Waals surface area (Å²) in [5.74, 6) is 0.906. The van der Waals surface area contributed by atoms with E-state index in [0.717, 1.165) is 52.9 Å². The molecule has 1 spiro atoms. The lowest BCUT2D eigenvalue weighted by Gasteiger charge is -2.45. The summed E-state index contributed by atoms with van der Waals surface area (Å²) in [5, 5.41) is 16.5. The summed E-state index contributed by atoms with van der Waals surface area (Å²) in [7, 11) is 0. The van der Waals surface area contributed by atoms with Gasteiger partial charge >= 0.3 is 0 Å². The molecule has 8 nitrogen and oxygen atoms in total. The van der Waals surface area contributed by atoms with Crippen molar-refractivity contribution in [1.29, 1.82) is 0 Å². The fourth-order valence-electron chi connectivity index (χ4n) is 5.48. The van der Waals surface area contributed by atoms with Crippen molar-refractivity contribution in [2.45, 2.75) is 25.3 Å². The number of hydrogen-bond acceptors (Lipinski definition) is 6. The van der Waals surface area contributed by atoms with Crippen LogP contribution in [0.15, 0.2) is 79.3 Å². The van der Waals surface area contributed by atoms with Crippen LogP contribution in [0, 0.1) is 5.41 Å². The molecule has 5 heterocycles. The zero-order chi connectivity index (χ0) is 23.2. The molecule has 8 heteroatoms. The van der Waals surface area contributed by atoms with Gasteiger partial charge in [-0.25, -0.2) is 19.2 Å². The molecular weight excluding hydrogens is 436 g/mol. The maximum atomic E-state index is 4.90. The Morgan fingerprint density at radius 1 is 0.943 bits per heavy atom. The third-order valence-corrected chi connectivity index (χ3v) is 7.32. The Kier molecular flexibility index (Phi) is 4.66. The molecule has 2 aliphatic rings. The zero-order valence-electron chi connectivity index (χ0n) is 19.3. The Hall–Kier alpha value is -4.04. The van der Waals surface area contributed by atoms with Gasteiger partial charge in [-0.05, 0) is 67.6 Å². The zero-order valence-corrected chi connectivity index (χ0v) is 19.3. The van der Waals surface area contributed by atoms with Crippen LogP contribution >= 0.6 is 0 Å². The van der Waals surface area contributed by atoms with Gasteiger partial charge in [0.2, 0.25) is 0 Å². The minimum absolute atomic E-state index is 0.491. The first-order chi connectivity index (χ1) is 17.2. The van der Waals surface area contributed by atoms with E-state index in [1.54, 1.807) is 0 Å². The Morgan fingerprint density at radius 2 is 1.86 bits per heavy atom. The molecule has 1 aliphatic carbocycles. The normalized spacial score (nSPS) is 21.4. The topological polar surface area (TPSA) is 85.0 Å². The number of aromatic nitrogens is 6. The van der Waals surface area contributed by atoms with E-state index in [4.69, 9.17) is 10.1 Å². The molecule has 1 aliphatic heterocycles. The van der Waals surface area contributed by atoms with E-state index in [2.05, 4.69) is 20.7 Å². The predicted molar refractivity (Wildman–Crippen MR) is 135 cm³/mol. The van der Waals surface area contributed by atoms with Gasteiger partial charge in [0.05, 0.1) is 29.5 Å². The number of nitrogens with one attached hydrogen (secondary N) is 2. The number of para-hydroxylation sites is 1. The van der Waals surface area contributed by atoms with E-state index in [1.807, 2.05) is 88.5 Å². The van der Waals surface area contributed by atoms with Crippen LogP contribution in [0.2, 0.25) is 0 Å².